The van der Waals surface area contributed by atoms with Crippen LogP contribution in [0.4, 0.5) is 11.6 Å². The number of rotatable bonds is 4. The Kier molecular flexibility index (Phi) is 4.91. The highest BCUT2D eigenvalue weighted by Gasteiger charge is 2.18. The van der Waals surface area contributed by atoms with Crippen molar-refractivity contribution in [1.82, 2.24) is 10.2 Å². The normalized spacial score (nSPS) is 16.2. The molecule has 8 heteroatoms. The largest absolute Gasteiger partial charge is 0.355 e. The van der Waals surface area contributed by atoms with E-state index < -0.39 is 10.0 Å². The lowest BCUT2D eigenvalue weighted by Gasteiger charge is -2.30. The fraction of sp³-hybridized carbons (Fsp3) is 0.375. The van der Waals surface area contributed by atoms with Crippen LogP contribution in [0.5, 0.6) is 0 Å². The highest BCUT2D eigenvalue weighted by atomic mass is 35.5. The first-order valence-corrected chi connectivity index (χ1v) is 9.67. The van der Waals surface area contributed by atoms with E-state index in [4.69, 9.17) is 11.6 Å². The fourth-order valence-electron chi connectivity index (χ4n) is 2.62. The standard InChI is InChI=1S/C16H19ClN4O2S/c1-12-7-9-21(10-8-12)16-6-5-15(18-19-16)20-24(22,23)14-4-2-3-13(17)11-14/h2-6,11-12H,7-10H2,1H3,(H,18,20). The maximum atomic E-state index is 12.3. The van der Waals surface area contributed by atoms with Gasteiger partial charge in [-0.05, 0) is 49.1 Å². The van der Waals surface area contributed by atoms with Gasteiger partial charge in [-0.15, -0.1) is 10.2 Å². The van der Waals surface area contributed by atoms with Crippen LogP contribution < -0.4 is 9.62 Å². The molecule has 0 atom stereocenters. The van der Waals surface area contributed by atoms with Crippen molar-refractivity contribution in [3.05, 3.63) is 41.4 Å². The molecular formula is C16H19ClN4O2S. The highest BCUT2D eigenvalue weighted by molar-refractivity contribution is 7.92. The second-order valence-electron chi connectivity index (χ2n) is 6.01. The Balaban J connectivity index is 1.72. The van der Waals surface area contributed by atoms with E-state index in [1.165, 1.54) is 12.1 Å². The average Bonchev–Trinajstić information content (AvgIpc) is 2.56. The fourth-order valence-corrected chi connectivity index (χ4v) is 3.91. The Bertz CT molecular complexity index is 803. The molecule has 0 aliphatic carbocycles. The summed E-state index contributed by atoms with van der Waals surface area (Å²) in [7, 11) is -3.73. The first-order valence-electron chi connectivity index (χ1n) is 7.81. The molecule has 0 bridgehead atoms. The Morgan fingerprint density at radius 1 is 1.17 bits per heavy atom. The number of hydrogen-bond acceptors (Lipinski definition) is 5. The van der Waals surface area contributed by atoms with Crippen LogP contribution in [0.1, 0.15) is 19.8 Å². The van der Waals surface area contributed by atoms with Gasteiger partial charge in [-0.2, -0.15) is 0 Å². The topological polar surface area (TPSA) is 75.2 Å². The predicted molar refractivity (Wildman–Crippen MR) is 94.9 cm³/mol. The lowest BCUT2D eigenvalue weighted by Crippen LogP contribution is -2.33. The zero-order valence-corrected chi connectivity index (χ0v) is 14.9. The molecule has 0 unspecified atom stereocenters. The van der Waals surface area contributed by atoms with Gasteiger partial charge in [0.2, 0.25) is 0 Å². The summed E-state index contributed by atoms with van der Waals surface area (Å²) >= 11 is 5.85. The van der Waals surface area contributed by atoms with Crippen LogP contribution in [0.15, 0.2) is 41.3 Å². The molecular weight excluding hydrogens is 348 g/mol. The monoisotopic (exact) mass is 366 g/mol. The van der Waals surface area contributed by atoms with Gasteiger partial charge in [0.1, 0.15) is 0 Å². The Morgan fingerprint density at radius 3 is 2.54 bits per heavy atom. The van der Waals surface area contributed by atoms with E-state index in [2.05, 4.69) is 26.7 Å². The van der Waals surface area contributed by atoms with E-state index in [1.54, 1.807) is 24.3 Å². The van der Waals surface area contributed by atoms with E-state index in [0.717, 1.165) is 37.7 Å². The highest BCUT2D eigenvalue weighted by Crippen LogP contribution is 2.22. The van der Waals surface area contributed by atoms with E-state index in [9.17, 15) is 8.42 Å². The molecule has 1 aliphatic heterocycles. The molecule has 1 N–H and O–H groups in total. The van der Waals surface area contributed by atoms with Gasteiger partial charge in [0.25, 0.3) is 10.0 Å². The summed E-state index contributed by atoms with van der Waals surface area (Å²) < 4.78 is 27.1. The molecule has 0 saturated carbocycles. The second kappa shape index (κ2) is 6.94. The maximum absolute atomic E-state index is 12.3. The van der Waals surface area contributed by atoms with Crippen LogP contribution in [-0.2, 0) is 10.0 Å². The van der Waals surface area contributed by atoms with Crippen molar-refractivity contribution in [2.24, 2.45) is 5.92 Å². The van der Waals surface area contributed by atoms with Crippen molar-refractivity contribution in [2.75, 3.05) is 22.7 Å². The minimum atomic E-state index is -3.73. The van der Waals surface area contributed by atoms with Gasteiger partial charge in [0, 0.05) is 18.1 Å². The van der Waals surface area contributed by atoms with E-state index >= 15 is 0 Å². The summed E-state index contributed by atoms with van der Waals surface area (Å²) in [5, 5.41) is 8.50. The van der Waals surface area contributed by atoms with Gasteiger partial charge < -0.3 is 4.90 Å². The number of nitrogens with zero attached hydrogens (tertiary/aromatic N) is 3. The van der Waals surface area contributed by atoms with Crippen molar-refractivity contribution in [1.29, 1.82) is 0 Å². The molecule has 3 rings (SSSR count). The number of hydrogen-bond donors (Lipinski definition) is 1. The van der Waals surface area contributed by atoms with Crippen LogP contribution in [0.2, 0.25) is 5.02 Å². The first kappa shape index (κ1) is 17.0. The minimum absolute atomic E-state index is 0.0888. The third-order valence-electron chi connectivity index (χ3n) is 4.10. The van der Waals surface area contributed by atoms with Crippen molar-refractivity contribution >= 4 is 33.3 Å². The molecule has 1 aliphatic rings. The van der Waals surface area contributed by atoms with Crippen LogP contribution in [0.25, 0.3) is 0 Å². The number of anilines is 2. The predicted octanol–water partition coefficient (Wildman–Crippen LogP) is 3.17. The number of nitrogens with one attached hydrogen (secondary N) is 1. The maximum Gasteiger partial charge on any atom is 0.263 e. The summed E-state index contributed by atoms with van der Waals surface area (Å²) in [5.74, 6) is 1.69. The molecule has 2 aromatic rings. The van der Waals surface area contributed by atoms with E-state index in [1.807, 2.05) is 0 Å². The SMILES string of the molecule is CC1CCN(c2ccc(NS(=O)(=O)c3cccc(Cl)c3)nn2)CC1. The summed E-state index contributed by atoms with van der Waals surface area (Å²) in [6, 6.07) is 9.49. The smallest absolute Gasteiger partial charge is 0.263 e. The van der Waals surface area contributed by atoms with Crippen molar-refractivity contribution in [2.45, 2.75) is 24.7 Å². The van der Waals surface area contributed by atoms with Crippen LogP contribution in [0.3, 0.4) is 0 Å². The molecule has 1 fully saturated rings. The molecule has 2 heterocycles. The van der Waals surface area contributed by atoms with Gasteiger partial charge in [-0.1, -0.05) is 24.6 Å². The summed E-state index contributed by atoms with van der Waals surface area (Å²) in [6.07, 6.45) is 2.26. The number of sulfonamides is 1. The third-order valence-corrected chi connectivity index (χ3v) is 5.69. The summed E-state index contributed by atoms with van der Waals surface area (Å²) in [6.45, 7) is 4.14. The lowest BCUT2D eigenvalue weighted by atomic mass is 9.99. The van der Waals surface area contributed by atoms with Crippen LogP contribution >= 0.6 is 11.6 Å². The van der Waals surface area contributed by atoms with Crippen molar-refractivity contribution < 1.29 is 8.42 Å². The quantitative estimate of drug-likeness (QED) is 0.899. The molecule has 0 radical (unpaired) electrons. The molecule has 1 saturated heterocycles. The summed E-state index contributed by atoms with van der Waals surface area (Å²) in [5.41, 5.74) is 0. The molecule has 0 amide bonds. The van der Waals surface area contributed by atoms with Gasteiger partial charge >= 0.3 is 0 Å². The molecule has 1 aromatic heterocycles. The van der Waals surface area contributed by atoms with Gasteiger partial charge in [0.15, 0.2) is 11.6 Å². The van der Waals surface area contributed by atoms with Crippen LogP contribution in [0, 0.1) is 5.92 Å². The van der Waals surface area contributed by atoms with Crippen molar-refractivity contribution in [3.63, 3.8) is 0 Å². The number of aromatic nitrogens is 2. The summed E-state index contributed by atoms with van der Waals surface area (Å²) in [4.78, 5) is 2.26. The number of piperidine rings is 1. The Labute approximate surface area is 146 Å². The lowest BCUT2D eigenvalue weighted by molar-refractivity contribution is 0.436. The van der Waals surface area contributed by atoms with E-state index in [0.29, 0.717) is 5.02 Å². The number of halogens is 1. The third kappa shape index (κ3) is 3.96. The molecule has 24 heavy (non-hydrogen) atoms. The Morgan fingerprint density at radius 2 is 1.92 bits per heavy atom. The van der Waals surface area contributed by atoms with Gasteiger partial charge in [0.05, 0.1) is 4.90 Å². The average molecular weight is 367 g/mol. The zero-order chi connectivity index (χ0) is 17.2. The molecule has 6 nitrogen and oxygen atoms in total. The molecule has 0 spiro atoms. The second-order valence-corrected chi connectivity index (χ2v) is 8.13. The van der Waals surface area contributed by atoms with Crippen molar-refractivity contribution in [3.8, 4) is 0 Å². The van der Waals surface area contributed by atoms with Gasteiger partial charge in [-0.25, -0.2) is 8.42 Å². The molecule has 1 aromatic carbocycles. The van der Waals surface area contributed by atoms with Gasteiger partial charge in [-0.3, -0.25) is 4.72 Å². The minimum Gasteiger partial charge on any atom is -0.355 e. The van der Waals surface area contributed by atoms with Crippen LogP contribution in [-0.4, -0.2) is 31.7 Å². The first-order chi connectivity index (χ1) is 11.4. The zero-order valence-electron chi connectivity index (χ0n) is 13.3. The molecule has 128 valence electrons. The number of benzene rings is 1. The Hall–Kier alpha value is -1.86. The van der Waals surface area contributed by atoms with E-state index in [-0.39, 0.29) is 10.7 Å².